The van der Waals surface area contributed by atoms with E-state index in [1.165, 1.54) is 24.3 Å². The van der Waals surface area contributed by atoms with E-state index in [-0.39, 0.29) is 37.1 Å². The van der Waals surface area contributed by atoms with Crippen molar-refractivity contribution in [2.75, 3.05) is 4.72 Å². The highest BCUT2D eigenvalue weighted by molar-refractivity contribution is 7.92. The van der Waals surface area contributed by atoms with Gasteiger partial charge in [-0.25, -0.2) is 8.42 Å². The fourth-order valence-electron chi connectivity index (χ4n) is 2.43. The van der Waals surface area contributed by atoms with Crippen LogP contribution in [0.3, 0.4) is 0 Å². The van der Waals surface area contributed by atoms with Crippen molar-refractivity contribution in [3.05, 3.63) is 74.8 Å². The van der Waals surface area contributed by atoms with E-state index in [2.05, 4.69) is 4.72 Å². The van der Waals surface area contributed by atoms with Crippen LogP contribution in [-0.4, -0.2) is 13.3 Å². The summed E-state index contributed by atoms with van der Waals surface area (Å²) in [7, 11) is -3.92. The monoisotopic (exact) mass is 396 g/mol. The van der Waals surface area contributed by atoms with Crippen LogP contribution in [0.4, 0.5) is 11.4 Å². The van der Waals surface area contributed by atoms with Gasteiger partial charge in [0.1, 0.15) is 0 Å². The highest BCUT2D eigenvalue weighted by Gasteiger charge is 2.23. The lowest BCUT2D eigenvalue weighted by Crippen LogP contribution is -2.13. The van der Waals surface area contributed by atoms with Crippen LogP contribution in [0.5, 0.6) is 0 Å². The molecule has 1 N–H and O–H groups in total. The van der Waals surface area contributed by atoms with Gasteiger partial charge in [0, 0.05) is 11.5 Å². The van der Waals surface area contributed by atoms with Crippen LogP contribution in [0.25, 0.3) is 10.8 Å². The number of fused-ring (bicyclic) bond motifs is 1. The van der Waals surface area contributed by atoms with Gasteiger partial charge in [-0.1, -0.05) is 53.5 Å². The molecule has 0 heterocycles. The number of rotatable bonds is 4. The summed E-state index contributed by atoms with van der Waals surface area (Å²) in [6.07, 6.45) is 0. The number of non-ortho nitro benzene ring substituents is 1. The van der Waals surface area contributed by atoms with Gasteiger partial charge in [-0.15, -0.1) is 0 Å². The molecule has 0 atom stereocenters. The van der Waals surface area contributed by atoms with Crippen LogP contribution in [0.2, 0.25) is 10.0 Å². The van der Waals surface area contributed by atoms with Crippen molar-refractivity contribution in [1.82, 2.24) is 0 Å². The zero-order valence-corrected chi connectivity index (χ0v) is 14.8. The van der Waals surface area contributed by atoms with Crippen molar-refractivity contribution in [2.24, 2.45) is 0 Å². The van der Waals surface area contributed by atoms with E-state index in [0.29, 0.717) is 0 Å². The van der Waals surface area contributed by atoms with E-state index >= 15 is 0 Å². The van der Waals surface area contributed by atoms with Crippen LogP contribution < -0.4 is 4.72 Å². The molecule has 0 saturated carbocycles. The maximum absolute atomic E-state index is 12.6. The van der Waals surface area contributed by atoms with Crippen LogP contribution in [0, 0.1) is 10.1 Å². The first-order valence-electron chi connectivity index (χ1n) is 6.94. The van der Waals surface area contributed by atoms with Gasteiger partial charge in [-0.05, 0) is 18.2 Å². The standard InChI is InChI=1S/C16H10Cl2N2O4S/c17-12-8-4-7-11-15(12)14(20(21)22)9-13(18)16(11)19-25(23,24)10-5-2-1-3-6-10/h1-9,19H. The number of nitro groups is 1. The van der Waals surface area contributed by atoms with E-state index in [0.717, 1.165) is 6.07 Å². The summed E-state index contributed by atoms with van der Waals surface area (Å²) >= 11 is 12.2. The minimum Gasteiger partial charge on any atom is -0.277 e. The molecule has 0 aromatic heterocycles. The summed E-state index contributed by atoms with van der Waals surface area (Å²) in [5.41, 5.74) is -0.262. The van der Waals surface area contributed by atoms with Crippen molar-refractivity contribution in [3.8, 4) is 0 Å². The molecule has 0 radical (unpaired) electrons. The Balaban J connectivity index is 2.25. The van der Waals surface area contributed by atoms with Crippen molar-refractivity contribution in [1.29, 1.82) is 0 Å². The number of anilines is 1. The Labute approximate surface area is 153 Å². The number of nitrogens with zero attached hydrogens (tertiary/aromatic N) is 1. The normalized spacial score (nSPS) is 11.4. The lowest BCUT2D eigenvalue weighted by Gasteiger charge is -2.13. The first-order valence-corrected chi connectivity index (χ1v) is 9.18. The third-order valence-corrected chi connectivity index (χ3v) is 5.51. The summed E-state index contributed by atoms with van der Waals surface area (Å²) in [5.74, 6) is 0. The zero-order valence-electron chi connectivity index (χ0n) is 12.4. The maximum atomic E-state index is 12.6. The van der Waals surface area contributed by atoms with Gasteiger partial charge in [0.2, 0.25) is 0 Å². The molecule has 9 heteroatoms. The van der Waals surface area contributed by atoms with Crippen molar-refractivity contribution < 1.29 is 13.3 Å². The number of hydrogen-bond acceptors (Lipinski definition) is 4. The number of nitro benzene ring substituents is 1. The van der Waals surface area contributed by atoms with Crippen molar-refractivity contribution >= 4 is 55.4 Å². The highest BCUT2D eigenvalue weighted by Crippen LogP contribution is 2.41. The van der Waals surface area contributed by atoms with Gasteiger partial charge in [0.25, 0.3) is 15.7 Å². The highest BCUT2D eigenvalue weighted by atomic mass is 35.5. The first kappa shape index (κ1) is 17.5. The first-order chi connectivity index (χ1) is 11.8. The van der Waals surface area contributed by atoms with Crippen LogP contribution in [-0.2, 0) is 10.0 Å². The number of halogens is 2. The molecule has 3 aromatic carbocycles. The Morgan fingerprint density at radius 2 is 1.64 bits per heavy atom. The quantitative estimate of drug-likeness (QED) is 0.503. The molecule has 0 fully saturated rings. The minimum atomic E-state index is -3.92. The lowest BCUT2D eigenvalue weighted by molar-refractivity contribution is -0.383. The Morgan fingerprint density at radius 3 is 2.28 bits per heavy atom. The van der Waals surface area contributed by atoms with E-state index in [4.69, 9.17) is 23.2 Å². The molecule has 3 rings (SSSR count). The fourth-order valence-corrected chi connectivity index (χ4v) is 4.13. The molecule has 0 spiro atoms. The van der Waals surface area contributed by atoms with E-state index in [1.54, 1.807) is 24.3 Å². The van der Waals surface area contributed by atoms with Crippen LogP contribution >= 0.6 is 23.2 Å². The Bertz CT molecular complexity index is 1090. The number of nitrogens with one attached hydrogen (secondary N) is 1. The van der Waals surface area contributed by atoms with Crippen LogP contribution in [0.15, 0.2) is 59.5 Å². The average molecular weight is 397 g/mol. The smallest absolute Gasteiger partial charge is 0.277 e. The van der Waals surface area contributed by atoms with Gasteiger partial charge in [0.15, 0.2) is 0 Å². The van der Waals surface area contributed by atoms with Crippen LogP contribution in [0.1, 0.15) is 0 Å². The molecule has 0 saturated heterocycles. The van der Waals surface area contributed by atoms with Gasteiger partial charge in [-0.3, -0.25) is 14.8 Å². The number of benzene rings is 3. The predicted octanol–water partition coefficient (Wildman–Crippen LogP) is 4.86. The number of hydrogen-bond donors (Lipinski definition) is 1. The zero-order chi connectivity index (χ0) is 18.2. The van der Waals surface area contributed by atoms with E-state index < -0.39 is 14.9 Å². The molecule has 25 heavy (non-hydrogen) atoms. The summed E-state index contributed by atoms with van der Waals surface area (Å²) in [6.45, 7) is 0. The van der Waals surface area contributed by atoms with Crippen molar-refractivity contribution in [3.63, 3.8) is 0 Å². The molecule has 3 aromatic rings. The summed E-state index contributed by atoms with van der Waals surface area (Å²) in [4.78, 5) is 10.7. The van der Waals surface area contributed by atoms with Crippen molar-refractivity contribution in [2.45, 2.75) is 4.90 Å². The van der Waals surface area contributed by atoms with Gasteiger partial charge in [-0.2, -0.15) is 0 Å². The fraction of sp³-hybridized carbons (Fsp3) is 0. The molecule has 0 unspecified atom stereocenters. The molecule has 0 aliphatic heterocycles. The minimum absolute atomic E-state index is 0.0358. The Morgan fingerprint density at radius 1 is 0.960 bits per heavy atom. The maximum Gasteiger partial charge on any atom is 0.280 e. The summed E-state index contributed by atoms with van der Waals surface area (Å²) in [6, 6.07) is 13.4. The molecule has 0 aliphatic carbocycles. The topological polar surface area (TPSA) is 89.3 Å². The third-order valence-electron chi connectivity index (χ3n) is 3.53. The Hall–Kier alpha value is -2.35. The molecule has 6 nitrogen and oxygen atoms in total. The average Bonchev–Trinajstić information content (AvgIpc) is 2.58. The molecule has 0 bridgehead atoms. The van der Waals surface area contributed by atoms with Gasteiger partial charge >= 0.3 is 0 Å². The predicted molar refractivity (Wildman–Crippen MR) is 97.9 cm³/mol. The van der Waals surface area contributed by atoms with Gasteiger partial charge < -0.3 is 0 Å². The summed E-state index contributed by atoms with van der Waals surface area (Å²) < 4.78 is 27.5. The largest absolute Gasteiger partial charge is 0.280 e. The number of sulfonamides is 1. The second-order valence-corrected chi connectivity index (χ2v) is 7.59. The molecule has 0 amide bonds. The summed E-state index contributed by atoms with van der Waals surface area (Å²) in [5, 5.41) is 11.7. The van der Waals surface area contributed by atoms with E-state index in [1.807, 2.05) is 0 Å². The second kappa shape index (κ2) is 6.51. The van der Waals surface area contributed by atoms with Gasteiger partial charge in [0.05, 0.1) is 30.9 Å². The molecular weight excluding hydrogens is 387 g/mol. The second-order valence-electron chi connectivity index (χ2n) is 5.09. The molecule has 128 valence electrons. The molecule has 0 aliphatic rings. The Kier molecular flexibility index (Phi) is 4.55. The SMILES string of the molecule is O=[N+]([O-])c1cc(Cl)c(NS(=O)(=O)c2ccccc2)c2cccc(Cl)c12. The van der Waals surface area contributed by atoms with E-state index in [9.17, 15) is 18.5 Å². The third kappa shape index (κ3) is 3.26. The molecular formula is C16H10Cl2N2O4S. The lowest BCUT2D eigenvalue weighted by atomic mass is 10.1.